The zero-order valence-corrected chi connectivity index (χ0v) is 19.8. The Morgan fingerprint density at radius 3 is 1.34 bits per heavy atom. The van der Waals surface area contributed by atoms with E-state index in [1.165, 1.54) is 33.4 Å². The standard InChI is InChI=1S/C33H30O2/c1-3-13-27(14-4-1)17-11-23-34-25-33(26-35-24-12-18-28-15-5-2-6-16-28)31-21-9-7-19-29(31)30-20-8-10-22-32(30)33/h1-22H,23-26H2. The second-order valence-electron chi connectivity index (χ2n) is 8.83. The van der Waals surface area contributed by atoms with Crippen LogP contribution in [0.25, 0.3) is 23.3 Å². The molecule has 174 valence electrons. The van der Waals surface area contributed by atoms with Crippen molar-refractivity contribution in [1.82, 2.24) is 0 Å². The minimum atomic E-state index is -0.339. The first kappa shape index (κ1) is 23.0. The lowest BCUT2D eigenvalue weighted by atomic mass is 9.79. The molecule has 35 heavy (non-hydrogen) atoms. The summed E-state index contributed by atoms with van der Waals surface area (Å²) in [5, 5.41) is 0. The summed E-state index contributed by atoms with van der Waals surface area (Å²) in [6.07, 6.45) is 8.38. The van der Waals surface area contributed by atoms with E-state index in [1.807, 2.05) is 36.4 Å². The molecule has 0 unspecified atom stereocenters. The number of hydrogen-bond acceptors (Lipinski definition) is 2. The van der Waals surface area contributed by atoms with Gasteiger partial charge in [0.25, 0.3) is 0 Å². The van der Waals surface area contributed by atoms with Crippen molar-refractivity contribution in [2.24, 2.45) is 0 Å². The van der Waals surface area contributed by atoms with Crippen LogP contribution in [-0.2, 0) is 14.9 Å². The maximum atomic E-state index is 6.30. The molecule has 1 aliphatic carbocycles. The number of rotatable bonds is 10. The van der Waals surface area contributed by atoms with Gasteiger partial charge in [0.2, 0.25) is 0 Å². The van der Waals surface area contributed by atoms with Gasteiger partial charge in [0.1, 0.15) is 0 Å². The molecular formula is C33H30O2. The highest BCUT2D eigenvalue weighted by molar-refractivity contribution is 5.81. The van der Waals surface area contributed by atoms with Gasteiger partial charge in [-0.15, -0.1) is 0 Å². The second-order valence-corrected chi connectivity index (χ2v) is 8.83. The molecule has 5 rings (SSSR count). The Bertz CT molecular complexity index is 1190. The van der Waals surface area contributed by atoms with E-state index in [0.717, 1.165) is 0 Å². The van der Waals surface area contributed by atoms with Gasteiger partial charge in [0.05, 0.1) is 31.8 Å². The fraction of sp³-hybridized carbons (Fsp3) is 0.152. The molecule has 2 nitrogen and oxygen atoms in total. The molecule has 0 fully saturated rings. The van der Waals surface area contributed by atoms with Gasteiger partial charge in [-0.3, -0.25) is 0 Å². The third-order valence-electron chi connectivity index (χ3n) is 6.52. The first-order chi connectivity index (χ1) is 17.4. The van der Waals surface area contributed by atoms with Crippen molar-refractivity contribution in [3.8, 4) is 11.1 Å². The SMILES string of the molecule is C(=Cc1ccccc1)COCC1(COCC=Cc2ccccc2)c2ccccc2-c2ccccc21. The van der Waals surface area contributed by atoms with E-state index in [-0.39, 0.29) is 5.41 Å². The fourth-order valence-electron chi connectivity index (χ4n) is 4.87. The summed E-state index contributed by atoms with van der Waals surface area (Å²) in [6, 6.07) is 37.9. The molecule has 0 aromatic heterocycles. The number of fused-ring (bicyclic) bond motifs is 3. The lowest BCUT2D eigenvalue weighted by molar-refractivity contribution is 0.0558. The van der Waals surface area contributed by atoms with Crippen LogP contribution in [0.2, 0.25) is 0 Å². The lowest BCUT2D eigenvalue weighted by Gasteiger charge is -2.31. The van der Waals surface area contributed by atoms with Crippen molar-refractivity contribution in [2.75, 3.05) is 26.4 Å². The smallest absolute Gasteiger partial charge is 0.0681 e. The van der Waals surface area contributed by atoms with Gasteiger partial charge >= 0.3 is 0 Å². The summed E-state index contributed by atoms with van der Waals surface area (Å²) in [7, 11) is 0. The molecule has 0 heterocycles. The second kappa shape index (κ2) is 11.1. The Labute approximate surface area is 208 Å². The van der Waals surface area contributed by atoms with Crippen LogP contribution in [-0.4, -0.2) is 26.4 Å². The molecule has 4 aromatic rings. The number of benzene rings is 4. The summed E-state index contributed by atoms with van der Waals surface area (Å²) in [5.41, 5.74) is 7.12. The Morgan fingerprint density at radius 2 is 0.886 bits per heavy atom. The predicted octanol–water partition coefficient (Wildman–Crippen LogP) is 7.41. The van der Waals surface area contributed by atoms with Crippen LogP contribution >= 0.6 is 0 Å². The minimum absolute atomic E-state index is 0.339. The average Bonchev–Trinajstić information content (AvgIpc) is 3.20. The van der Waals surface area contributed by atoms with Crippen molar-refractivity contribution in [2.45, 2.75) is 5.41 Å². The highest BCUT2D eigenvalue weighted by Crippen LogP contribution is 2.49. The molecule has 0 amide bonds. The van der Waals surface area contributed by atoms with E-state index in [1.54, 1.807) is 0 Å². The molecule has 4 aromatic carbocycles. The molecule has 0 bridgehead atoms. The third-order valence-corrected chi connectivity index (χ3v) is 6.52. The van der Waals surface area contributed by atoms with Crippen LogP contribution in [0.1, 0.15) is 22.3 Å². The maximum absolute atomic E-state index is 6.30. The Kier molecular flexibility index (Phi) is 7.33. The minimum Gasteiger partial charge on any atom is -0.376 e. The zero-order chi connectivity index (χ0) is 23.8. The van der Waals surface area contributed by atoms with Crippen molar-refractivity contribution in [1.29, 1.82) is 0 Å². The van der Waals surface area contributed by atoms with E-state index in [2.05, 4.69) is 97.1 Å². The molecular weight excluding hydrogens is 428 g/mol. The fourth-order valence-corrected chi connectivity index (χ4v) is 4.87. The highest BCUT2D eigenvalue weighted by atomic mass is 16.5. The highest BCUT2D eigenvalue weighted by Gasteiger charge is 2.43. The topological polar surface area (TPSA) is 18.5 Å². The molecule has 0 N–H and O–H groups in total. The van der Waals surface area contributed by atoms with Crippen LogP contribution < -0.4 is 0 Å². The summed E-state index contributed by atoms with van der Waals surface area (Å²) < 4.78 is 12.6. The van der Waals surface area contributed by atoms with E-state index in [9.17, 15) is 0 Å². The lowest BCUT2D eigenvalue weighted by Crippen LogP contribution is -2.36. The van der Waals surface area contributed by atoms with Gasteiger partial charge in [-0.1, -0.05) is 133 Å². The van der Waals surface area contributed by atoms with Crippen LogP contribution in [0.3, 0.4) is 0 Å². The van der Waals surface area contributed by atoms with Gasteiger partial charge in [0.15, 0.2) is 0 Å². The summed E-state index contributed by atoms with van der Waals surface area (Å²) >= 11 is 0. The number of hydrogen-bond donors (Lipinski definition) is 0. The van der Waals surface area contributed by atoms with E-state index in [0.29, 0.717) is 26.4 Å². The van der Waals surface area contributed by atoms with E-state index < -0.39 is 0 Å². The molecule has 2 heteroatoms. The normalized spacial score (nSPS) is 13.8. The molecule has 0 aliphatic heterocycles. The first-order valence-electron chi connectivity index (χ1n) is 12.1. The number of ether oxygens (including phenoxy) is 2. The average molecular weight is 459 g/mol. The molecule has 0 saturated carbocycles. The van der Waals surface area contributed by atoms with Crippen LogP contribution in [0.4, 0.5) is 0 Å². The third kappa shape index (κ3) is 5.19. The predicted molar refractivity (Wildman–Crippen MR) is 145 cm³/mol. The maximum Gasteiger partial charge on any atom is 0.0681 e. The summed E-state index contributed by atoms with van der Waals surface area (Å²) in [5.74, 6) is 0. The van der Waals surface area contributed by atoms with E-state index >= 15 is 0 Å². The molecule has 0 spiro atoms. The zero-order valence-electron chi connectivity index (χ0n) is 19.8. The largest absolute Gasteiger partial charge is 0.376 e. The van der Waals surface area contributed by atoms with Crippen LogP contribution in [0.5, 0.6) is 0 Å². The summed E-state index contributed by atoms with van der Waals surface area (Å²) in [6.45, 7) is 2.22. The van der Waals surface area contributed by atoms with Gasteiger partial charge in [-0.25, -0.2) is 0 Å². The Hall–Kier alpha value is -3.72. The van der Waals surface area contributed by atoms with Crippen molar-refractivity contribution in [3.63, 3.8) is 0 Å². The van der Waals surface area contributed by atoms with Gasteiger partial charge in [0, 0.05) is 0 Å². The van der Waals surface area contributed by atoms with Crippen LogP contribution in [0.15, 0.2) is 121 Å². The Balaban J connectivity index is 1.34. The Morgan fingerprint density at radius 1 is 0.486 bits per heavy atom. The summed E-state index contributed by atoms with van der Waals surface area (Å²) in [4.78, 5) is 0. The van der Waals surface area contributed by atoms with E-state index in [4.69, 9.17) is 9.47 Å². The van der Waals surface area contributed by atoms with Crippen molar-refractivity contribution >= 4 is 12.2 Å². The first-order valence-corrected chi connectivity index (χ1v) is 12.1. The van der Waals surface area contributed by atoms with Crippen molar-refractivity contribution < 1.29 is 9.47 Å². The molecule has 0 radical (unpaired) electrons. The van der Waals surface area contributed by atoms with Crippen LogP contribution in [0, 0.1) is 0 Å². The monoisotopic (exact) mass is 458 g/mol. The van der Waals surface area contributed by atoms with Gasteiger partial charge < -0.3 is 9.47 Å². The quantitative estimate of drug-likeness (QED) is 0.230. The van der Waals surface area contributed by atoms with Gasteiger partial charge in [-0.05, 0) is 33.4 Å². The van der Waals surface area contributed by atoms with Crippen molar-refractivity contribution in [3.05, 3.63) is 144 Å². The molecule has 1 aliphatic rings. The van der Waals surface area contributed by atoms with Gasteiger partial charge in [-0.2, -0.15) is 0 Å². The molecule has 0 atom stereocenters. The molecule has 0 saturated heterocycles.